The first kappa shape index (κ1) is 16.0. The second-order valence-corrected chi connectivity index (χ2v) is 8.22. The summed E-state index contributed by atoms with van der Waals surface area (Å²) >= 11 is 7.36. The van der Waals surface area contributed by atoms with Gasteiger partial charge in [-0.2, -0.15) is 0 Å². The predicted molar refractivity (Wildman–Crippen MR) is 95.7 cm³/mol. The fourth-order valence-electron chi connectivity index (χ4n) is 2.65. The van der Waals surface area contributed by atoms with Gasteiger partial charge in [0.1, 0.15) is 5.82 Å². The highest BCUT2D eigenvalue weighted by Crippen LogP contribution is 2.46. The van der Waals surface area contributed by atoms with Gasteiger partial charge in [0.2, 0.25) is 5.91 Å². The summed E-state index contributed by atoms with van der Waals surface area (Å²) in [6.45, 7) is 1.90. The van der Waals surface area contributed by atoms with Crippen molar-refractivity contribution >= 4 is 35.0 Å². The van der Waals surface area contributed by atoms with Gasteiger partial charge in [-0.25, -0.2) is 0 Å². The first-order valence-electron chi connectivity index (χ1n) is 8.29. The normalized spacial score (nSPS) is 18.4. The Hall–Kier alpha value is -1.53. The van der Waals surface area contributed by atoms with Crippen LogP contribution in [0.3, 0.4) is 0 Å². The third-order valence-corrected chi connectivity index (χ3v) is 5.62. The number of benzene rings is 1. The fourth-order valence-corrected chi connectivity index (χ4v) is 3.71. The molecule has 2 saturated carbocycles. The van der Waals surface area contributed by atoms with Crippen LogP contribution in [0.1, 0.15) is 50.4 Å². The van der Waals surface area contributed by atoms with Crippen LogP contribution in [0.4, 0.5) is 5.69 Å². The summed E-state index contributed by atoms with van der Waals surface area (Å²) in [5.74, 6) is 1.65. The lowest BCUT2D eigenvalue weighted by Gasteiger charge is -2.13. The molecule has 1 N–H and O–H groups in total. The molecule has 24 heavy (non-hydrogen) atoms. The van der Waals surface area contributed by atoms with Gasteiger partial charge < -0.3 is 9.88 Å². The number of carbonyl (C=O) groups excluding carboxylic acids is 1. The number of anilines is 1. The Morgan fingerprint density at radius 3 is 2.58 bits per heavy atom. The Labute approximate surface area is 150 Å². The molecule has 1 heterocycles. The maximum Gasteiger partial charge on any atom is 0.237 e. The summed E-state index contributed by atoms with van der Waals surface area (Å²) in [4.78, 5) is 12.4. The molecule has 2 aromatic rings. The van der Waals surface area contributed by atoms with Gasteiger partial charge in [0.05, 0.1) is 5.25 Å². The molecule has 1 amide bonds. The Kier molecular flexibility index (Phi) is 4.26. The van der Waals surface area contributed by atoms with E-state index in [1.807, 2.05) is 6.92 Å². The van der Waals surface area contributed by atoms with E-state index in [9.17, 15) is 4.79 Å². The van der Waals surface area contributed by atoms with Gasteiger partial charge in [-0.3, -0.25) is 4.79 Å². The standard InChI is InChI=1S/C17H19ClN4OS/c1-10(16(23)19-13-6-4-12(18)5-7-13)24-17-21-20-15(11-2-3-11)22(17)14-8-9-14/h4-7,10-11,14H,2-3,8-9H2,1H3,(H,19,23)/t10-/m0/s1. The lowest BCUT2D eigenvalue weighted by Crippen LogP contribution is -2.23. The third kappa shape index (κ3) is 3.44. The number of hydrogen-bond acceptors (Lipinski definition) is 4. The van der Waals surface area contributed by atoms with E-state index < -0.39 is 0 Å². The van der Waals surface area contributed by atoms with Crippen molar-refractivity contribution in [1.82, 2.24) is 14.8 Å². The van der Waals surface area contributed by atoms with Crippen molar-refractivity contribution in [3.05, 3.63) is 35.1 Å². The number of thioether (sulfide) groups is 1. The highest BCUT2D eigenvalue weighted by atomic mass is 35.5. The lowest BCUT2D eigenvalue weighted by molar-refractivity contribution is -0.115. The number of aromatic nitrogens is 3. The minimum atomic E-state index is -0.241. The predicted octanol–water partition coefficient (Wildman–Crippen LogP) is 4.26. The summed E-state index contributed by atoms with van der Waals surface area (Å²) in [5, 5.41) is 13.0. The van der Waals surface area contributed by atoms with Gasteiger partial charge in [0, 0.05) is 22.7 Å². The highest BCUT2D eigenvalue weighted by molar-refractivity contribution is 8.00. The Bertz CT molecular complexity index is 752. The first-order valence-corrected chi connectivity index (χ1v) is 9.55. The molecule has 0 aliphatic heterocycles. The summed E-state index contributed by atoms with van der Waals surface area (Å²) in [6.07, 6.45) is 4.80. The van der Waals surface area contributed by atoms with E-state index in [0.29, 0.717) is 17.0 Å². The van der Waals surface area contributed by atoms with Gasteiger partial charge in [0.15, 0.2) is 5.16 Å². The summed E-state index contributed by atoms with van der Waals surface area (Å²) < 4.78 is 2.27. The molecular weight excluding hydrogens is 344 g/mol. The molecule has 0 spiro atoms. The molecule has 4 rings (SSSR count). The Morgan fingerprint density at radius 1 is 1.25 bits per heavy atom. The van der Waals surface area contributed by atoms with E-state index in [0.717, 1.165) is 16.7 Å². The van der Waals surface area contributed by atoms with E-state index in [4.69, 9.17) is 11.6 Å². The monoisotopic (exact) mass is 362 g/mol. The molecule has 1 aromatic carbocycles. The molecule has 0 bridgehead atoms. The number of rotatable bonds is 6. The number of nitrogens with one attached hydrogen (secondary N) is 1. The smallest absolute Gasteiger partial charge is 0.237 e. The van der Waals surface area contributed by atoms with Crippen molar-refractivity contribution in [3.63, 3.8) is 0 Å². The van der Waals surface area contributed by atoms with Gasteiger partial charge in [-0.1, -0.05) is 23.4 Å². The van der Waals surface area contributed by atoms with Crippen LogP contribution < -0.4 is 5.32 Å². The molecular formula is C17H19ClN4OS. The molecule has 1 atom stereocenters. The average Bonchev–Trinajstić information content (AvgIpc) is 3.49. The van der Waals surface area contributed by atoms with E-state index in [2.05, 4.69) is 20.1 Å². The van der Waals surface area contributed by atoms with Crippen LogP contribution in [0.2, 0.25) is 5.02 Å². The zero-order chi connectivity index (χ0) is 16.7. The second-order valence-electron chi connectivity index (χ2n) is 6.47. The van der Waals surface area contributed by atoms with Gasteiger partial charge in [0.25, 0.3) is 0 Å². The minimum absolute atomic E-state index is 0.0411. The number of halogens is 1. The molecule has 2 aliphatic rings. The molecule has 2 fully saturated rings. The fraction of sp³-hybridized carbons (Fsp3) is 0.471. The quantitative estimate of drug-likeness (QED) is 0.780. The Morgan fingerprint density at radius 2 is 1.96 bits per heavy atom. The summed E-state index contributed by atoms with van der Waals surface area (Å²) in [5.41, 5.74) is 0.749. The molecule has 5 nitrogen and oxygen atoms in total. The zero-order valence-corrected chi connectivity index (χ0v) is 15.0. The molecule has 0 radical (unpaired) electrons. The van der Waals surface area contributed by atoms with Crippen LogP contribution in [0.5, 0.6) is 0 Å². The van der Waals surface area contributed by atoms with E-state index in [1.54, 1.807) is 24.3 Å². The topological polar surface area (TPSA) is 59.8 Å². The van der Waals surface area contributed by atoms with Crippen molar-refractivity contribution in [2.24, 2.45) is 0 Å². The van der Waals surface area contributed by atoms with Crippen molar-refractivity contribution < 1.29 is 4.79 Å². The molecule has 2 aliphatic carbocycles. The van der Waals surface area contributed by atoms with Gasteiger partial charge in [-0.05, 0) is 56.9 Å². The summed E-state index contributed by atoms with van der Waals surface area (Å²) in [6, 6.07) is 7.66. The van der Waals surface area contributed by atoms with Crippen LogP contribution in [0, 0.1) is 0 Å². The average molecular weight is 363 g/mol. The zero-order valence-electron chi connectivity index (χ0n) is 13.4. The van der Waals surface area contributed by atoms with Crippen molar-refractivity contribution in [2.75, 3.05) is 5.32 Å². The largest absolute Gasteiger partial charge is 0.325 e. The van der Waals surface area contributed by atoms with Crippen LogP contribution >= 0.6 is 23.4 Å². The first-order chi connectivity index (χ1) is 11.6. The van der Waals surface area contributed by atoms with Crippen molar-refractivity contribution in [1.29, 1.82) is 0 Å². The SMILES string of the molecule is C[C@H](Sc1nnc(C2CC2)n1C1CC1)C(=O)Nc1ccc(Cl)cc1. The Balaban J connectivity index is 1.44. The summed E-state index contributed by atoms with van der Waals surface area (Å²) in [7, 11) is 0. The maximum atomic E-state index is 12.4. The lowest BCUT2D eigenvalue weighted by atomic mass is 10.3. The van der Waals surface area contributed by atoms with Gasteiger partial charge in [-0.15, -0.1) is 10.2 Å². The molecule has 126 valence electrons. The number of carbonyl (C=O) groups is 1. The second kappa shape index (κ2) is 6.41. The van der Waals surface area contributed by atoms with Crippen LogP contribution in [0.15, 0.2) is 29.4 Å². The van der Waals surface area contributed by atoms with Crippen LogP contribution in [0.25, 0.3) is 0 Å². The van der Waals surface area contributed by atoms with E-state index in [-0.39, 0.29) is 11.2 Å². The number of amides is 1. The highest BCUT2D eigenvalue weighted by Gasteiger charge is 2.37. The third-order valence-electron chi connectivity index (χ3n) is 4.31. The van der Waals surface area contributed by atoms with Crippen LogP contribution in [-0.4, -0.2) is 25.9 Å². The van der Waals surface area contributed by atoms with Crippen LogP contribution in [-0.2, 0) is 4.79 Å². The molecule has 0 unspecified atom stereocenters. The maximum absolute atomic E-state index is 12.4. The molecule has 7 heteroatoms. The van der Waals surface area contributed by atoms with Crippen molar-refractivity contribution in [2.45, 2.75) is 55.0 Å². The van der Waals surface area contributed by atoms with E-state index in [1.165, 1.54) is 37.4 Å². The van der Waals surface area contributed by atoms with Gasteiger partial charge >= 0.3 is 0 Å². The molecule has 1 aromatic heterocycles. The van der Waals surface area contributed by atoms with E-state index >= 15 is 0 Å². The number of hydrogen-bond donors (Lipinski definition) is 1. The minimum Gasteiger partial charge on any atom is -0.325 e. The number of nitrogens with zero attached hydrogens (tertiary/aromatic N) is 3. The molecule has 0 saturated heterocycles. The van der Waals surface area contributed by atoms with Crippen molar-refractivity contribution in [3.8, 4) is 0 Å².